The van der Waals surface area contributed by atoms with Crippen molar-refractivity contribution < 1.29 is 4.79 Å². The summed E-state index contributed by atoms with van der Waals surface area (Å²) in [7, 11) is 0. The van der Waals surface area contributed by atoms with Crippen molar-refractivity contribution in [3.05, 3.63) is 0 Å². The third-order valence-corrected chi connectivity index (χ3v) is 2.35. The number of amides is 1. The average Bonchev–Trinajstić information content (AvgIpc) is 2.13. The molecule has 0 aliphatic carbocycles. The first-order valence-corrected chi connectivity index (χ1v) is 5.65. The van der Waals surface area contributed by atoms with Gasteiger partial charge in [0.25, 0.3) is 0 Å². The van der Waals surface area contributed by atoms with Crippen LogP contribution in [-0.4, -0.2) is 30.6 Å². The molecule has 0 aromatic rings. The molecule has 90 valence electrons. The summed E-state index contributed by atoms with van der Waals surface area (Å²) >= 11 is 0. The lowest BCUT2D eigenvalue weighted by atomic mass is 10.0. The first-order chi connectivity index (χ1) is 6.91. The van der Waals surface area contributed by atoms with Crippen LogP contribution in [-0.2, 0) is 4.79 Å². The van der Waals surface area contributed by atoms with Gasteiger partial charge in [0, 0.05) is 31.1 Å². The van der Waals surface area contributed by atoms with Crippen LogP contribution in [0.15, 0.2) is 0 Å². The Hall–Kier alpha value is -0.610. The zero-order valence-corrected chi connectivity index (χ0v) is 10.4. The molecule has 0 aromatic heterocycles. The third kappa shape index (κ3) is 7.33. The molecule has 1 unspecified atom stereocenters. The minimum Gasteiger partial charge on any atom is -0.350 e. The molecule has 0 spiro atoms. The van der Waals surface area contributed by atoms with E-state index in [-0.39, 0.29) is 11.4 Å². The number of carbonyl (C=O) groups is 1. The van der Waals surface area contributed by atoms with Gasteiger partial charge in [-0.2, -0.15) is 0 Å². The molecule has 4 nitrogen and oxygen atoms in total. The molecule has 4 heteroatoms. The maximum absolute atomic E-state index is 11.4. The second kappa shape index (κ2) is 6.80. The lowest BCUT2D eigenvalue weighted by molar-refractivity contribution is -0.122. The molecule has 0 fully saturated rings. The highest BCUT2D eigenvalue weighted by atomic mass is 16.1. The molecule has 15 heavy (non-hydrogen) atoms. The van der Waals surface area contributed by atoms with Crippen LogP contribution in [0, 0.1) is 0 Å². The zero-order chi connectivity index (χ0) is 11.9. The van der Waals surface area contributed by atoms with Crippen LogP contribution < -0.4 is 16.4 Å². The van der Waals surface area contributed by atoms with Crippen LogP contribution in [0.1, 0.15) is 40.5 Å². The molecule has 0 saturated carbocycles. The number of hydrogen-bond donors (Lipinski definition) is 3. The van der Waals surface area contributed by atoms with E-state index in [1.165, 1.54) is 0 Å². The maximum Gasteiger partial charge on any atom is 0.221 e. The highest BCUT2D eigenvalue weighted by Crippen LogP contribution is 2.02. The molecule has 0 aliphatic heterocycles. The van der Waals surface area contributed by atoms with Gasteiger partial charge >= 0.3 is 0 Å². The van der Waals surface area contributed by atoms with Crippen molar-refractivity contribution in [2.45, 2.75) is 52.1 Å². The predicted molar refractivity (Wildman–Crippen MR) is 63.6 cm³/mol. The van der Waals surface area contributed by atoms with E-state index in [0.29, 0.717) is 19.0 Å². The fourth-order valence-electron chi connectivity index (χ4n) is 1.19. The van der Waals surface area contributed by atoms with Gasteiger partial charge in [0.1, 0.15) is 0 Å². The normalized spacial score (nSPS) is 13.7. The van der Waals surface area contributed by atoms with Crippen molar-refractivity contribution in [3.8, 4) is 0 Å². The predicted octanol–water partition coefficient (Wildman–Crippen LogP) is 0.618. The standard InChI is InChI=1S/C11H25N3O/c1-5-9(2)13-8-11(3,4)14-10(15)6-7-12/h9,13H,5-8,12H2,1-4H3,(H,14,15). The molecule has 0 saturated heterocycles. The zero-order valence-electron chi connectivity index (χ0n) is 10.4. The molecule has 0 aromatic carbocycles. The molecule has 1 amide bonds. The molecule has 0 bridgehead atoms. The lowest BCUT2D eigenvalue weighted by Crippen LogP contribution is -2.52. The summed E-state index contributed by atoms with van der Waals surface area (Å²) in [6, 6.07) is 0.482. The van der Waals surface area contributed by atoms with Gasteiger partial charge in [-0.15, -0.1) is 0 Å². The van der Waals surface area contributed by atoms with Crippen molar-refractivity contribution in [1.29, 1.82) is 0 Å². The summed E-state index contributed by atoms with van der Waals surface area (Å²) in [6.45, 7) is 9.47. The minimum atomic E-state index is -0.213. The molecule has 0 heterocycles. The van der Waals surface area contributed by atoms with Crippen molar-refractivity contribution in [3.63, 3.8) is 0 Å². The number of carbonyl (C=O) groups excluding carboxylic acids is 1. The molecule has 0 aliphatic rings. The van der Waals surface area contributed by atoms with Crippen molar-refractivity contribution in [1.82, 2.24) is 10.6 Å². The Kier molecular flexibility index (Phi) is 6.52. The van der Waals surface area contributed by atoms with Crippen molar-refractivity contribution >= 4 is 5.91 Å². The average molecular weight is 215 g/mol. The van der Waals surface area contributed by atoms with Crippen molar-refractivity contribution in [2.24, 2.45) is 5.73 Å². The third-order valence-electron chi connectivity index (χ3n) is 2.35. The Bertz CT molecular complexity index is 192. The Balaban J connectivity index is 3.90. The highest BCUT2D eigenvalue weighted by Gasteiger charge is 2.19. The van der Waals surface area contributed by atoms with E-state index >= 15 is 0 Å². The summed E-state index contributed by atoms with van der Waals surface area (Å²) in [5.41, 5.74) is 5.10. The largest absolute Gasteiger partial charge is 0.350 e. The summed E-state index contributed by atoms with van der Waals surface area (Å²) in [5, 5.41) is 6.33. The fourth-order valence-corrected chi connectivity index (χ4v) is 1.19. The highest BCUT2D eigenvalue weighted by molar-refractivity contribution is 5.76. The van der Waals surface area contributed by atoms with Crippen LogP contribution in [0.3, 0.4) is 0 Å². The van der Waals surface area contributed by atoms with Gasteiger partial charge in [0.2, 0.25) is 5.91 Å². The minimum absolute atomic E-state index is 0.0217. The van der Waals surface area contributed by atoms with E-state index in [1.54, 1.807) is 0 Å². The monoisotopic (exact) mass is 215 g/mol. The molecular formula is C11H25N3O. The van der Waals surface area contributed by atoms with Crippen LogP contribution >= 0.6 is 0 Å². The fraction of sp³-hybridized carbons (Fsp3) is 0.909. The van der Waals surface area contributed by atoms with Gasteiger partial charge in [-0.05, 0) is 27.2 Å². The second-order valence-corrected chi connectivity index (χ2v) is 4.66. The van der Waals surface area contributed by atoms with E-state index in [2.05, 4.69) is 24.5 Å². The summed E-state index contributed by atoms with van der Waals surface area (Å²) in [5.74, 6) is 0.0217. The van der Waals surface area contributed by atoms with Gasteiger partial charge in [-0.3, -0.25) is 4.79 Å². The van der Waals surface area contributed by atoms with Gasteiger partial charge in [-0.25, -0.2) is 0 Å². The van der Waals surface area contributed by atoms with Gasteiger partial charge in [-0.1, -0.05) is 6.92 Å². The Morgan fingerprint density at radius 2 is 2.07 bits per heavy atom. The van der Waals surface area contributed by atoms with E-state index in [9.17, 15) is 4.79 Å². The topological polar surface area (TPSA) is 67.1 Å². The molecule has 4 N–H and O–H groups in total. The number of nitrogens with two attached hydrogens (primary N) is 1. The quantitative estimate of drug-likeness (QED) is 0.583. The van der Waals surface area contributed by atoms with Crippen LogP contribution in [0.5, 0.6) is 0 Å². The summed E-state index contributed by atoms with van der Waals surface area (Å²) in [6.07, 6.45) is 1.49. The molecule has 1 atom stereocenters. The van der Waals surface area contributed by atoms with E-state index in [0.717, 1.165) is 13.0 Å². The van der Waals surface area contributed by atoms with Gasteiger partial charge in [0.15, 0.2) is 0 Å². The van der Waals surface area contributed by atoms with Gasteiger partial charge in [0.05, 0.1) is 0 Å². The molecule has 0 rings (SSSR count). The molecular weight excluding hydrogens is 190 g/mol. The Morgan fingerprint density at radius 1 is 1.47 bits per heavy atom. The first-order valence-electron chi connectivity index (χ1n) is 5.65. The summed E-state index contributed by atoms with van der Waals surface area (Å²) < 4.78 is 0. The van der Waals surface area contributed by atoms with Crippen LogP contribution in [0.2, 0.25) is 0 Å². The Labute approximate surface area is 93.0 Å². The SMILES string of the molecule is CCC(C)NCC(C)(C)NC(=O)CCN. The van der Waals surface area contributed by atoms with Crippen LogP contribution in [0.25, 0.3) is 0 Å². The van der Waals surface area contributed by atoms with Crippen LogP contribution in [0.4, 0.5) is 0 Å². The summed E-state index contributed by atoms with van der Waals surface area (Å²) in [4.78, 5) is 11.4. The number of nitrogens with one attached hydrogen (secondary N) is 2. The maximum atomic E-state index is 11.4. The molecule has 0 radical (unpaired) electrons. The van der Waals surface area contributed by atoms with E-state index in [4.69, 9.17) is 5.73 Å². The number of hydrogen-bond acceptors (Lipinski definition) is 3. The second-order valence-electron chi connectivity index (χ2n) is 4.66. The van der Waals surface area contributed by atoms with E-state index < -0.39 is 0 Å². The van der Waals surface area contributed by atoms with Crippen molar-refractivity contribution in [2.75, 3.05) is 13.1 Å². The van der Waals surface area contributed by atoms with Gasteiger partial charge < -0.3 is 16.4 Å². The first kappa shape index (κ1) is 14.4. The lowest BCUT2D eigenvalue weighted by Gasteiger charge is -2.28. The Morgan fingerprint density at radius 3 is 2.53 bits per heavy atom. The number of rotatable bonds is 7. The van der Waals surface area contributed by atoms with E-state index in [1.807, 2.05) is 13.8 Å². The smallest absolute Gasteiger partial charge is 0.221 e.